The number of halogens is 2. The fourth-order valence-electron chi connectivity index (χ4n) is 2.12. The summed E-state index contributed by atoms with van der Waals surface area (Å²) in [4.78, 5) is 27.1. The number of nitro groups is 1. The number of thioether (sulfide) groups is 1. The number of carbonyl (C=O) groups excluding carboxylic acids is 1. The van der Waals surface area contributed by atoms with Gasteiger partial charge in [-0.05, 0) is 63.6 Å². The zero-order chi connectivity index (χ0) is 18.8. The molecular weight excluding hydrogens is 490 g/mol. The molecule has 0 bridgehead atoms. The average Bonchev–Trinajstić information content (AvgIpc) is 2.89. The number of amidine groups is 1. The fourth-order valence-corrected chi connectivity index (χ4v) is 3.82. The van der Waals surface area contributed by atoms with Gasteiger partial charge in [-0.15, -0.1) is 0 Å². The van der Waals surface area contributed by atoms with Crippen LogP contribution in [0, 0.1) is 10.1 Å². The number of nitrogens with zero attached hydrogens (tertiary/aromatic N) is 2. The van der Waals surface area contributed by atoms with Gasteiger partial charge in [0, 0.05) is 10.5 Å². The highest BCUT2D eigenvalue weighted by molar-refractivity contribution is 9.10. The van der Waals surface area contributed by atoms with Gasteiger partial charge in [0.1, 0.15) is 0 Å². The van der Waals surface area contributed by atoms with Crippen molar-refractivity contribution in [2.45, 2.75) is 0 Å². The van der Waals surface area contributed by atoms with Crippen LogP contribution in [-0.2, 0) is 4.79 Å². The van der Waals surface area contributed by atoms with Crippen LogP contribution in [0.25, 0.3) is 6.08 Å². The molecule has 0 spiro atoms. The van der Waals surface area contributed by atoms with Gasteiger partial charge in [-0.2, -0.15) is 0 Å². The lowest BCUT2D eigenvalue weighted by Gasteiger charge is -2.01. The van der Waals surface area contributed by atoms with E-state index in [0.717, 1.165) is 16.2 Å². The number of nitrogens with one attached hydrogen (secondary N) is 1. The van der Waals surface area contributed by atoms with Crippen LogP contribution < -0.4 is 5.32 Å². The van der Waals surface area contributed by atoms with Crippen molar-refractivity contribution in [1.29, 1.82) is 0 Å². The van der Waals surface area contributed by atoms with E-state index in [1.807, 2.05) is 18.2 Å². The number of phenolic OH excluding ortho intramolecular Hbond substituents is 1. The van der Waals surface area contributed by atoms with E-state index >= 15 is 0 Å². The maximum Gasteiger partial charge on any atom is 0.312 e. The van der Waals surface area contributed by atoms with Crippen molar-refractivity contribution in [3.05, 3.63) is 65.9 Å². The monoisotopic (exact) mass is 497 g/mol. The molecule has 1 amide bonds. The van der Waals surface area contributed by atoms with Gasteiger partial charge in [-0.25, -0.2) is 4.99 Å². The second kappa shape index (κ2) is 7.60. The normalized spacial score (nSPS) is 16.9. The molecule has 1 saturated heterocycles. The smallest absolute Gasteiger partial charge is 0.312 e. The summed E-state index contributed by atoms with van der Waals surface area (Å²) in [6.07, 6.45) is 1.50. The highest BCUT2D eigenvalue weighted by Crippen LogP contribution is 2.37. The van der Waals surface area contributed by atoms with Gasteiger partial charge in [0.15, 0.2) is 5.17 Å². The highest BCUT2D eigenvalue weighted by atomic mass is 79.9. The van der Waals surface area contributed by atoms with Crippen molar-refractivity contribution in [3.8, 4) is 5.75 Å². The van der Waals surface area contributed by atoms with E-state index in [-0.39, 0.29) is 10.4 Å². The summed E-state index contributed by atoms with van der Waals surface area (Å²) in [6, 6.07) is 9.99. The fraction of sp³-hybridized carbons (Fsp3) is 0. The average molecular weight is 499 g/mol. The summed E-state index contributed by atoms with van der Waals surface area (Å²) in [7, 11) is 0. The van der Waals surface area contributed by atoms with E-state index in [0.29, 0.717) is 21.3 Å². The van der Waals surface area contributed by atoms with Crippen molar-refractivity contribution < 1.29 is 14.8 Å². The number of amides is 1. The van der Waals surface area contributed by atoms with Gasteiger partial charge >= 0.3 is 5.69 Å². The Morgan fingerprint density at radius 3 is 2.73 bits per heavy atom. The SMILES string of the molecule is O=C1NC(=Nc2cccc(Br)c2)SC1=Cc1cc(Br)c(O)c([N+](=O)[O-])c1. The van der Waals surface area contributed by atoms with Crippen LogP contribution in [0.3, 0.4) is 0 Å². The third kappa shape index (κ3) is 4.14. The number of hydrogen-bond donors (Lipinski definition) is 2. The van der Waals surface area contributed by atoms with Crippen LogP contribution in [0.2, 0.25) is 0 Å². The number of nitro benzene ring substituents is 1. The van der Waals surface area contributed by atoms with E-state index in [2.05, 4.69) is 42.2 Å². The van der Waals surface area contributed by atoms with Crippen molar-refractivity contribution in [1.82, 2.24) is 5.32 Å². The van der Waals surface area contributed by atoms with Crippen LogP contribution in [0.15, 0.2) is 55.2 Å². The molecule has 1 heterocycles. The molecule has 7 nitrogen and oxygen atoms in total. The number of aromatic hydroxyl groups is 1. The number of phenols is 1. The molecular formula is C16H9Br2N3O4S. The lowest BCUT2D eigenvalue weighted by Crippen LogP contribution is -2.19. The Morgan fingerprint density at radius 2 is 2.04 bits per heavy atom. The quantitative estimate of drug-likeness (QED) is 0.362. The molecule has 0 aliphatic carbocycles. The first-order valence-electron chi connectivity index (χ1n) is 7.05. The number of rotatable bonds is 3. The Morgan fingerprint density at radius 1 is 1.27 bits per heavy atom. The minimum absolute atomic E-state index is 0.171. The topological polar surface area (TPSA) is 105 Å². The largest absolute Gasteiger partial charge is 0.501 e. The molecule has 26 heavy (non-hydrogen) atoms. The van der Waals surface area contributed by atoms with Crippen LogP contribution in [0.4, 0.5) is 11.4 Å². The molecule has 2 aromatic carbocycles. The number of benzene rings is 2. The summed E-state index contributed by atoms with van der Waals surface area (Å²) < 4.78 is 1.04. The van der Waals surface area contributed by atoms with Crippen LogP contribution in [0.5, 0.6) is 5.75 Å². The molecule has 10 heteroatoms. The molecule has 1 aliphatic heterocycles. The molecule has 2 N–H and O–H groups in total. The van der Waals surface area contributed by atoms with Gasteiger partial charge in [-0.1, -0.05) is 22.0 Å². The molecule has 0 saturated carbocycles. The molecule has 0 unspecified atom stereocenters. The maximum absolute atomic E-state index is 12.1. The number of hydrogen-bond acceptors (Lipinski definition) is 6. The minimum Gasteiger partial charge on any atom is -0.501 e. The van der Waals surface area contributed by atoms with Gasteiger partial charge in [0.05, 0.1) is 20.0 Å². The first-order valence-corrected chi connectivity index (χ1v) is 9.46. The molecule has 3 rings (SSSR count). The summed E-state index contributed by atoms with van der Waals surface area (Å²) in [5.74, 6) is -0.812. The Hall–Kier alpha value is -2.17. The highest BCUT2D eigenvalue weighted by Gasteiger charge is 2.25. The van der Waals surface area contributed by atoms with Crippen LogP contribution >= 0.6 is 43.6 Å². The van der Waals surface area contributed by atoms with Gasteiger partial charge in [0.2, 0.25) is 5.75 Å². The molecule has 0 atom stereocenters. The maximum atomic E-state index is 12.1. The van der Waals surface area contributed by atoms with E-state index in [4.69, 9.17) is 0 Å². The predicted molar refractivity (Wildman–Crippen MR) is 107 cm³/mol. The first kappa shape index (κ1) is 18.6. The molecule has 0 aromatic heterocycles. The molecule has 1 fully saturated rings. The Labute approximate surface area is 168 Å². The Bertz CT molecular complexity index is 991. The minimum atomic E-state index is -0.690. The Kier molecular flexibility index (Phi) is 5.44. The summed E-state index contributed by atoms with van der Waals surface area (Å²) in [5, 5.41) is 23.8. The number of carbonyl (C=O) groups is 1. The lowest BCUT2D eigenvalue weighted by atomic mass is 10.1. The number of aliphatic imine (C=N–C) groups is 1. The van der Waals surface area contributed by atoms with Crippen molar-refractivity contribution >= 4 is 72.1 Å². The third-order valence-electron chi connectivity index (χ3n) is 3.25. The lowest BCUT2D eigenvalue weighted by molar-refractivity contribution is -0.386. The van der Waals surface area contributed by atoms with Gasteiger partial charge in [0.25, 0.3) is 5.91 Å². The summed E-state index contributed by atoms with van der Waals surface area (Å²) in [5.41, 5.74) is 0.631. The predicted octanol–water partition coefficient (Wildman–Crippen LogP) is 4.72. The van der Waals surface area contributed by atoms with E-state index in [1.54, 1.807) is 6.07 Å². The summed E-state index contributed by atoms with van der Waals surface area (Å²) >= 11 is 7.56. The van der Waals surface area contributed by atoms with Crippen molar-refractivity contribution in [3.63, 3.8) is 0 Å². The first-order chi connectivity index (χ1) is 12.3. The van der Waals surface area contributed by atoms with Gasteiger partial charge in [-0.3, -0.25) is 14.9 Å². The molecule has 132 valence electrons. The molecule has 1 aliphatic rings. The standard InChI is InChI=1S/C16H9Br2N3O4S/c17-9-2-1-3-10(7-9)19-16-20-15(23)13(26-16)6-8-4-11(18)14(22)12(5-8)21(24)25/h1-7,22H,(H,19,20,23). The zero-order valence-electron chi connectivity index (χ0n) is 12.8. The van der Waals surface area contributed by atoms with Crippen molar-refractivity contribution in [2.75, 3.05) is 0 Å². The third-order valence-corrected chi connectivity index (χ3v) is 5.26. The van der Waals surface area contributed by atoms with E-state index in [9.17, 15) is 20.0 Å². The summed E-state index contributed by atoms with van der Waals surface area (Å²) in [6.45, 7) is 0. The van der Waals surface area contributed by atoms with E-state index < -0.39 is 16.4 Å². The molecule has 2 aromatic rings. The second-order valence-corrected chi connectivity index (χ2v) is 7.89. The van der Waals surface area contributed by atoms with Crippen LogP contribution in [-0.4, -0.2) is 21.1 Å². The van der Waals surface area contributed by atoms with Gasteiger partial charge < -0.3 is 10.4 Å². The zero-order valence-corrected chi connectivity index (χ0v) is 16.8. The Balaban J connectivity index is 1.91. The van der Waals surface area contributed by atoms with Crippen molar-refractivity contribution in [2.24, 2.45) is 4.99 Å². The second-order valence-electron chi connectivity index (χ2n) is 5.09. The van der Waals surface area contributed by atoms with Crippen LogP contribution in [0.1, 0.15) is 5.56 Å². The molecule has 0 radical (unpaired) electrons. The van der Waals surface area contributed by atoms with E-state index in [1.165, 1.54) is 18.2 Å².